The highest BCUT2D eigenvalue weighted by Crippen LogP contribution is 2.46. The molecule has 0 radical (unpaired) electrons. The number of hydrogen-bond acceptors (Lipinski definition) is 2. The van der Waals surface area contributed by atoms with Gasteiger partial charge in [-0.2, -0.15) is 0 Å². The first-order valence-electron chi connectivity index (χ1n) is 7.77. The molecule has 114 valence electrons. The lowest BCUT2D eigenvalue weighted by molar-refractivity contribution is 0.408. The van der Waals surface area contributed by atoms with Crippen molar-refractivity contribution in [1.82, 2.24) is 0 Å². The molecule has 0 bridgehead atoms. The summed E-state index contributed by atoms with van der Waals surface area (Å²) in [7, 11) is 0. The van der Waals surface area contributed by atoms with E-state index in [-0.39, 0.29) is 11.5 Å². The normalized spacial score (nSPS) is 18.6. The molecular formula is C19H20ClNS. The molecule has 3 heteroatoms. The first-order chi connectivity index (χ1) is 10.6. The third-order valence-corrected chi connectivity index (χ3v) is 5.53. The molecule has 0 aliphatic carbocycles. The molecule has 0 fully saturated rings. The molecule has 0 saturated carbocycles. The van der Waals surface area contributed by atoms with Crippen LogP contribution in [0.4, 0.5) is 5.69 Å². The Hall–Kier alpha value is -1.38. The zero-order chi connectivity index (χ0) is 15.7. The van der Waals surface area contributed by atoms with Crippen LogP contribution in [0.5, 0.6) is 0 Å². The first kappa shape index (κ1) is 15.5. The topological polar surface area (TPSA) is 12.0 Å². The average Bonchev–Trinajstić information content (AvgIpc) is 2.87. The summed E-state index contributed by atoms with van der Waals surface area (Å²) in [5, 5.41) is 6.23. The maximum Gasteiger partial charge on any atom is 0.0644 e. The molecule has 0 spiro atoms. The van der Waals surface area contributed by atoms with Crippen molar-refractivity contribution in [2.24, 2.45) is 0 Å². The Kier molecular flexibility index (Phi) is 4.24. The minimum Gasteiger partial charge on any atom is -0.377 e. The minimum absolute atomic E-state index is 0.0890. The van der Waals surface area contributed by atoms with E-state index in [1.165, 1.54) is 16.8 Å². The predicted molar refractivity (Wildman–Crippen MR) is 100 cm³/mol. The Bertz CT molecular complexity index is 706. The van der Waals surface area contributed by atoms with Gasteiger partial charge < -0.3 is 5.32 Å². The van der Waals surface area contributed by atoms with Gasteiger partial charge in [-0.1, -0.05) is 55.9 Å². The fraction of sp³-hybridized carbons (Fsp3) is 0.316. The van der Waals surface area contributed by atoms with E-state index in [1.54, 1.807) is 0 Å². The number of thiocarbonyl (C=S) groups is 1. The molecule has 2 aromatic carbocycles. The summed E-state index contributed by atoms with van der Waals surface area (Å²) in [6.45, 7) is 4.50. The van der Waals surface area contributed by atoms with E-state index in [0.29, 0.717) is 0 Å². The van der Waals surface area contributed by atoms with Crippen molar-refractivity contribution < 1.29 is 0 Å². The van der Waals surface area contributed by atoms with Crippen LogP contribution in [0, 0.1) is 0 Å². The second kappa shape index (κ2) is 6.02. The highest BCUT2D eigenvalue weighted by atomic mass is 35.5. The maximum atomic E-state index is 6.14. The van der Waals surface area contributed by atoms with Crippen LogP contribution in [0.3, 0.4) is 0 Å². The van der Waals surface area contributed by atoms with Gasteiger partial charge in [0, 0.05) is 21.5 Å². The van der Waals surface area contributed by atoms with Gasteiger partial charge in [0.15, 0.2) is 0 Å². The van der Waals surface area contributed by atoms with Crippen LogP contribution in [-0.2, 0) is 5.41 Å². The van der Waals surface area contributed by atoms with E-state index in [4.69, 9.17) is 23.8 Å². The predicted octanol–water partition coefficient (Wildman–Crippen LogP) is 5.86. The van der Waals surface area contributed by atoms with Crippen LogP contribution in [-0.4, -0.2) is 11.4 Å². The molecule has 1 aliphatic rings. The van der Waals surface area contributed by atoms with E-state index < -0.39 is 0 Å². The Morgan fingerprint density at radius 1 is 1.14 bits per heavy atom. The van der Waals surface area contributed by atoms with Gasteiger partial charge in [-0.15, -0.1) is 0 Å². The lowest BCUT2D eigenvalue weighted by atomic mass is 9.72. The largest absolute Gasteiger partial charge is 0.377 e. The molecular weight excluding hydrogens is 310 g/mol. The molecule has 1 unspecified atom stereocenters. The van der Waals surface area contributed by atoms with Crippen LogP contribution in [0.1, 0.15) is 32.3 Å². The summed E-state index contributed by atoms with van der Waals surface area (Å²) >= 11 is 11.4. The second-order valence-corrected chi connectivity index (χ2v) is 6.60. The summed E-state index contributed by atoms with van der Waals surface area (Å²) in [5.41, 5.74) is 5.04. The van der Waals surface area contributed by atoms with E-state index in [2.05, 4.69) is 43.4 Å². The summed E-state index contributed by atoms with van der Waals surface area (Å²) in [5.74, 6) is 0. The van der Waals surface area contributed by atoms with Crippen molar-refractivity contribution in [3.05, 3.63) is 53.1 Å². The van der Waals surface area contributed by atoms with Gasteiger partial charge in [0.05, 0.1) is 6.04 Å². The fourth-order valence-corrected chi connectivity index (χ4v) is 4.16. The van der Waals surface area contributed by atoms with Crippen molar-refractivity contribution in [3.63, 3.8) is 0 Å². The number of fused-ring (bicyclic) bond motifs is 1. The van der Waals surface area contributed by atoms with Crippen LogP contribution in [0.25, 0.3) is 11.1 Å². The van der Waals surface area contributed by atoms with Gasteiger partial charge in [0.25, 0.3) is 0 Å². The molecule has 1 N–H and O–H groups in total. The standard InChI is InChI=1S/C19H20ClNS/c1-3-19(4-2)16-11-14(13-6-5-7-15(20)10-13)8-9-17(16)21-18(19)12-22/h5-12,18,21H,3-4H2,1-2H3. The summed E-state index contributed by atoms with van der Waals surface area (Å²) in [6, 6.07) is 14.9. The zero-order valence-electron chi connectivity index (χ0n) is 12.9. The Morgan fingerprint density at radius 2 is 1.86 bits per heavy atom. The van der Waals surface area contributed by atoms with Gasteiger partial charge >= 0.3 is 0 Å². The van der Waals surface area contributed by atoms with Crippen LogP contribution < -0.4 is 5.32 Å². The fourth-order valence-electron chi connectivity index (χ4n) is 3.64. The summed E-state index contributed by atoms with van der Waals surface area (Å²) < 4.78 is 0. The highest BCUT2D eigenvalue weighted by Gasteiger charge is 2.43. The molecule has 1 heterocycles. The Morgan fingerprint density at radius 3 is 2.50 bits per heavy atom. The van der Waals surface area contributed by atoms with Crippen LogP contribution in [0.2, 0.25) is 5.02 Å². The maximum absolute atomic E-state index is 6.14. The molecule has 1 nitrogen and oxygen atoms in total. The number of anilines is 1. The average molecular weight is 330 g/mol. The minimum atomic E-state index is 0.0890. The van der Waals surface area contributed by atoms with Gasteiger partial charge in [-0.05, 0) is 53.8 Å². The number of hydrogen-bond donors (Lipinski definition) is 1. The first-order valence-corrected chi connectivity index (χ1v) is 8.62. The van der Waals surface area contributed by atoms with Crippen LogP contribution >= 0.6 is 23.8 Å². The van der Waals surface area contributed by atoms with Crippen molar-refractivity contribution in [1.29, 1.82) is 0 Å². The summed E-state index contributed by atoms with van der Waals surface area (Å²) in [6.07, 6.45) is 2.14. The van der Waals surface area contributed by atoms with E-state index >= 15 is 0 Å². The molecule has 0 saturated heterocycles. The smallest absolute Gasteiger partial charge is 0.0644 e. The molecule has 3 rings (SSSR count). The zero-order valence-corrected chi connectivity index (χ0v) is 14.5. The molecule has 0 aromatic heterocycles. The van der Waals surface area contributed by atoms with Crippen molar-refractivity contribution in [3.8, 4) is 11.1 Å². The van der Waals surface area contributed by atoms with Gasteiger partial charge in [0.1, 0.15) is 0 Å². The van der Waals surface area contributed by atoms with Crippen molar-refractivity contribution >= 4 is 34.9 Å². The van der Waals surface area contributed by atoms with E-state index in [1.807, 2.05) is 23.6 Å². The molecule has 1 aliphatic heterocycles. The SMILES string of the molecule is CCC1(CC)c2cc(-c3cccc(Cl)c3)ccc2NC1C=S. The van der Waals surface area contributed by atoms with Gasteiger partial charge in [0.2, 0.25) is 0 Å². The third-order valence-electron chi connectivity index (χ3n) is 5.02. The summed E-state index contributed by atoms with van der Waals surface area (Å²) in [4.78, 5) is 0. The lowest BCUT2D eigenvalue weighted by Crippen LogP contribution is -2.38. The monoisotopic (exact) mass is 329 g/mol. The third kappa shape index (κ3) is 2.35. The Balaban J connectivity index is 2.13. The molecule has 0 amide bonds. The van der Waals surface area contributed by atoms with E-state index in [0.717, 1.165) is 23.4 Å². The van der Waals surface area contributed by atoms with Crippen molar-refractivity contribution in [2.45, 2.75) is 38.1 Å². The quantitative estimate of drug-likeness (QED) is 0.705. The lowest BCUT2D eigenvalue weighted by Gasteiger charge is -2.32. The number of halogens is 1. The van der Waals surface area contributed by atoms with E-state index in [9.17, 15) is 0 Å². The molecule has 2 aromatic rings. The molecule has 1 atom stereocenters. The highest BCUT2D eigenvalue weighted by molar-refractivity contribution is 7.79. The second-order valence-electron chi connectivity index (χ2n) is 5.89. The number of rotatable bonds is 4. The van der Waals surface area contributed by atoms with Gasteiger partial charge in [-0.3, -0.25) is 0 Å². The van der Waals surface area contributed by atoms with Crippen molar-refractivity contribution in [2.75, 3.05) is 5.32 Å². The van der Waals surface area contributed by atoms with Gasteiger partial charge in [-0.25, -0.2) is 0 Å². The number of benzene rings is 2. The molecule has 22 heavy (non-hydrogen) atoms. The number of nitrogens with one attached hydrogen (secondary N) is 1. The Labute approximate surface area is 142 Å². The van der Waals surface area contributed by atoms with Crippen LogP contribution in [0.15, 0.2) is 42.5 Å².